The van der Waals surface area contributed by atoms with Gasteiger partial charge < -0.3 is 5.32 Å². The molecule has 1 aromatic rings. The molecule has 0 amide bonds. The van der Waals surface area contributed by atoms with Crippen LogP contribution in [0, 0.1) is 20.8 Å². The third-order valence-electron chi connectivity index (χ3n) is 3.86. The first-order valence-electron chi connectivity index (χ1n) is 6.02. The molecule has 0 bridgehead atoms. The molecule has 1 aliphatic rings. The average molecular weight is 215 g/mol. The van der Waals surface area contributed by atoms with Crippen molar-refractivity contribution < 1.29 is 0 Å². The molecule has 0 unspecified atom stereocenters. The normalized spacial score (nSPS) is 14.8. The topological polar surface area (TPSA) is 12.0 Å². The second-order valence-electron chi connectivity index (χ2n) is 4.91. The highest BCUT2D eigenvalue weighted by molar-refractivity contribution is 5.71. The lowest BCUT2D eigenvalue weighted by atomic mass is 9.83. The van der Waals surface area contributed by atoms with Gasteiger partial charge in [0.15, 0.2) is 0 Å². The number of rotatable bonds is 1. The van der Waals surface area contributed by atoms with Crippen LogP contribution in [-0.2, 0) is 13.0 Å². The fourth-order valence-electron chi connectivity index (χ4n) is 2.94. The molecular weight excluding hydrogens is 194 g/mol. The van der Waals surface area contributed by atoms with Crippen LogP contribution in [0.5, 0.6) is 0 Å². The Morgan fingerprint density at radius 2 is 1.75 bits per heavy atom. The molecule has 86 valence electrons. The quantitative estimate of drug-likeness (QED) is 0.758. The van der Waals surface area contributed by atoms with Gasteiger partial charge in [0.2, 0.25) is 0 Å². The van der Waals surface area contributed by atoms with Crippen molar-refractivity contribution in [2.24, 2.45) is 0 Å². The highest BCUT2D eigenvalue weighted by Crippen LogP contribution is 2.32. The SMILES string of the molecule is C=C(C)c1c(C)c(C)c2c(c1C)CNCC2. The van der Waals surface area contributed by atoms with E-state index in [0.717, 1.165) is 13.1 Å². The van der Waals surface area contributed by atoms with Gasteiger partial charge in [0.1, 0.15) is 0 Å². The molecule has 0 radical (unpaired) electrons. The molecule has 1 heteroatoms. The number of nitrogens with one attached hydrogen (secondary N) is 1. The summed E-state index contributed by atoms with van der Waals surface area (Å²) in [5, 5.41) is 3.46. The first-order valence-corrected chi connectivity index (χ1v) is 6.02. The van der Waals surface area contributed by atoms with Gasteiger partial charge in [0.25, 0.3) is 0 Å². The summed E-state index contributed by atoms with van der Waals surface area (Å²) in [6.07, 6.45) is 1.17. The fourth-order valence-corrected chi connectivity index (χ4v) is 2.94. The van der Waals surface area contributed by atoms with Crippen LogP contribution >= 0.6 is 0 Å². The van der Waals surface area contributed by atoms with Crippen LogP contribution in [-0.4, -0.2) is 6.54 Å². The van der Waals surface area contributed by atoms with Gasteiger partial charge in [0, 0.05) is 6.54 Å². The summed E-state index contributed by atoms with van der Waals surface area (Å²) in [5.41, 5.74) is 9.96. The average Bonchev–Trinajstić information content (AvgIpc) is 2.26. The lowest BCUT2D eigenvalue weighted by Crippen LogP contribution is -2.26. The zero-order chi connectivity index (χ0) is 11.9. The number of hydrogen-bond acceptors (Lipinski definition) is 1. The number of hydrogen-bond donors (Lipinski definition) is 1. The number of benzene rings is 1. The van der Waals surface area contributed by atoms with Crippen LogP contribution < -0.4 is 5.32 Å². The van der Waals surface area contributed by atoms with Crippen molar-refractivity contribution in [3.05, 3.63) is 40.0 Å². The summed E-state index contributed by atoms with van der Waals surface area (Å²) in [6, 6.07) is 0. The molecule has 1 aromatic carbocycles. The summed E-state index contributed by atoms with van der Waals surface area (Å²) in [7, 11) is 0. The van der Waals surface area contributed by atoms with E-state index in [4.69, 9.17) is 0 Å². The number of fused-ring (bicyclic) bond motifs is 1. The molecule has 1 nitrogen and oxygen atoms in total. The Morgan fingerprint density at radius 3 is 2.38 bits per heavy atom. The molecule has 0 fully saturated rings. The zero-order valence-electron chi connectivity index (χ0n) is 10.8. The second kappa shape index (κ2) is 4.06. The van der Waals surface area contributed by atoms with Gasteiger partial charge in [-0.15, -0.1) is 0 Å². The highest BCUT2D eigenvalue weighted by atomic mass is 14.9. The molecule has 1 aliphatic heterocycles. The molecule has 0 spiro atoms. The van der Waals surface area contributed by atoms with Gasteiger partial charge in [-0.25, -0.2) is 0 Å². The predicted octanol–water partition coefficient (Wildman–Crippen LogP) is 3.29. The van der Waals surface area contributed by atoms with E-state index >= 15 is 0 Å². The van der Waals surface area contributed by atoms with E-state index in [1.165, 1.54) is 39.8 Å². The van der Waals surface area contributed by atoms with Gasteiger partial charge in [0.05, 0.1) is 0 Å². The largest absolute Gasteiger partial charge is 0.312 e. The van der Waals surface area contributed by atoms with E-state index in [9.17, 15) is 0 Å². The van der Waals surface area contributed by atoms with Crippen molar-refractivity contribution in [1.29, 1.82) is 0 Å². The van der Waals surface area contributed by atoms with Gasteiger partial charge >= 0.3 is 0 Å². The maximum absolute atomic E-state index is 4.12. The van der Waals surface area contributed by atoms with E-state index in [2.05, 4.69) is 39.6 Å². The van der Waals surface area contributed by atoms with Crippen LogP contribution in [0.1, 0.15) is 40.3 Å². The minimum atomic E-state index is 1.02. The fraction of sp³-hybridized carbons (Fsp3) is 0.467. The van der Waals surface area contributed by atoms with Crippen molar-refractivity contribution >= 4 is 5.57 Å². The zero-order valence-corrected chi connectivity index (χ0v) is 10.8. The maximum Gasteiger partial charge on any atom is 0.0211 e. The van der Waals surface area contributed by atoms with Crippen molar-refractivity contribution in [3.8, 4) is 0 Å². The number of allylic oxidation sites excluding steroid dienone is 1. The van der Waals surface area contributed by atoms with Crippen molar-refractivity contribution in [2.75, 3.05) is 6.54 Å². The molecule has 16 heavy (non-hydrogen) atoms. The third kappa shape index (κ3) is 1.60. The van der Waals surface area contributed by atoms with E-state index in [1.54, 1.807) is 5.56 Å². The Labute approximate surface area is 98.6 Å². The Kier molecular flexibility index (Phi) is 2.90. The molecule has 0 saturated carbocycles. The molecule has 0 aliphatic carbocycles. The third-order valence-corrected chi connectivity index (χ3v) is 3.86. The smallest absolute Gasteiger partial charge is 0.0211 e. The van der Waals surface area contributed by atoms with Crippen LogP contribution in [0.25, 0.3) is 5.57 Å². The molecule has 0 saturated heterocycles. The van der Waals surface area contributed by atoms with E-state index in [1.807, 2.05) is 0 Å². The Balaban J connectivity index is 2.75. The predicted molar refractivity (Wildman–Crippen MR) is 70.8 cm³/mol. The maximum atomic E-state index is 4.12. The van der Waals surface area contributed by atoms with Crippen LogP contribution in [0.3, 0.4) is 0 Å². The van der Waals surface area contributed by atoms with Crippen LogP contribution in [0.2, 0.25) is 0 Å². The van der Waals surface area contributed by atoms with E-state index in [0.29, 0.717) is 0 Å². The van der Waals surface area contributed by atoms with Crippen molar-refractivity contribution in [2.45, 2.75) is 40.7 Å². The molecule has 1 heterocycles. The van der Waals surface area contributed by atoms with Gasteiger partial charge in [-0.1, -0.05) is 12.2 Å². The molecule has 0 atom stereocenters. The van der Waals surface area contributed by atoms with Gasteiger partial charge in [-0.3, -0.25) is 0 Å². The summed E-state index contributed by atoms with van der Waals surface area (Å²) >= 11 is 0. The van der Waals surface area contributed by atoms with Crippen LogP contribution in [0.15, 0.2) is 6.58 Å². The van der Waals surface area contributed by atoms with Gasteiger partial charge in [-0.2, -0.15) is 0 Å². The summed E-state index contributed by atoms with van der Waals surface area (Å²) in [5.74, 6) is 0. The summed E-state index contributed by atoms with van der Waals surface area (Å²) in [4.78, 5) is 0. The molecule has 2 rings (SSSR count). The standard InChI is InChI=1S/C15H21N/c1-9(2)15-11(4)10(3)13-6-7-16-8-14(13)12(15)5/h16H,1,6-8H2,2-5H3. The Morgan fingerprint density at radius 1 is 1.06 bits per heavy atom. The molecule has 0 aromatic heterocycles. The highest BCUT2D eigenvalue weighted by Gasteiger charge is 2.19. The Bertz CT molecular complexity index is 455. The Hall–Kier alpha value is -1.08. The molecule has 1 N–H and O–H groups in total. The first kappa shape index (κ1) is 11.4. The van der Waals surface area contributed by atoms with E-state index in [-0.39, 0.29) is 0 Å². The second-order valence-corrected chi connectivity index (χ2v) is 4.91. The van der Waals surface area contributed by atoms with Crippen LogP contribution in [0.4, 0.5) is 0 Å². The summed E-state index contributed by atoms with van der Waals surface area (Å²) < 4.78 is 0. The first-order chi connectivity index (χ1) is 7.54. The van der Waals surface area contributed by atoms with Crippen molar-refractivity contribution in [1.82, 2.24) is 5.32 Å². The van der Waals surface area contributed by atoms with Gasteiger partial charge in [-0.05, 0) is 74.0 Å². The minimum Gasteiger partial charge on any atom is -0.312 e. The minimum absolute atomic E-state index is 1.02. The molecular formula is C15H21N. The van der Waals surface area contributed by atoms with Crippen molar-refractivity contribution in [3.63, 3.8) is 0 Å². The monoisotopic (exact) mass is 215 g/mol. The lowest BCUT2D eigenvalue weighted by Gasteiger charge is -2.26. The van der Waals surface area contributed by atoms with E-state index < -0.39 is 0 Å². The lowest BCUT2D eigenvalue weighted by molar-refractivity contribution is 0.636. The summed E-state index contributed by atoms with van der Waals surface area (Å²) in [6.45, 7) is 15.1.